The summed E-state index contributed by atoms with van der Waals surface area (Å²) in [5.41, 5.74) is 0. The van der Waals surface area contributed by atoms with Crippen molar-refractivity contribution in [2.24, 2.45) is 0 Å². The van der Waals surface area contributed by atoms with Gasteiger partial charge in [-0.05, 0) is 25.0 Å². The number of rotatable bonds is 2. The molecule has 2 rings (SSSR count). The normalized spacial score (nSPS) is 18.5. The Balaban J connectivity index is 2.51. The van der Waals surface area contributed by atoms with Crippen LogP contribution in [0.2, 0.25) is 0 Å². The maximum atomic E-state index is 11.9. The molecule has 0 radical (unpaired) electrons. The molecule has 0 atom stereocenters. The third-order valence-corrected chi connectivity index (χ3v) is 4.76. The number of nitrogens with zero attached hydrogens (tertiary/aromatic N) is 2. The van der Waals surface area contributed by atoms with Crippen LogP contribution in [0.15, 0.2) is 29.4 Å². The zero-order valence-electron chi connectivity index (χ0n) is 7.34. The highest BCUT2D eigenvalue weighted by molar-refractivity contribution is 7.93. The van der Waals surface area contributed by atoms with Crippen LogP contribution in [-0.2, 0) is 9.84 Å². The molecule has 5 heteroatoms. The van der Waals surface area contributed by atoms with E-state index < -0.39 is 14.6 Å². The molecular weight excluding hydrogens is 200 g/mol. The highest BCUT2D eigenvalue weighted by Gasteiger charge is 2.56. The summed E-state index contributed by atoms with van der Waals surface area (Å²) in [6, 6.07) is 4.90. The summed E-state index contributed by atoms with van der Waals surface area (Å²) >= 11 is 0. The van der Waals surface area contributed by atoms with Crippen molar-refractivity contribution in [2.75, 3.05) is 0 Å². The van der Waals surface area contributed by atoms with Gasteiger partial charge in [0.15, 0.2) is 14.6 Å². The van der Waals surface area contributed by atoms with Gasteiger partial charge in [0, 0.05) is 12.4 Å². The molecule has 1 aromatic rings. The van der Waals surface area contributed by atoms with Gasteiger partial charge in [0.25, 0.3) is 0 Å². The van der Waals surface area contributed by atoms with Crippen LogP contribution in [-0.4, -0.2) is 18.1 Å². The summed E-state index contributed by atoms with van der Waals surface area (Å²) in [7, 11) is -3.50. The Labute approximate surface area is 82.1 Å². The number of sulfone groups is 1. The van der Waals surface area contributed by atoms with Crippen molar-refractivity contribution < 1.29 is 8.42 Å². The minimum Gasteiger partial charge on any atom is -0.263 e. The van der Waals surface area contributed by atoms with E-state index >= 15 is 0 Å². The van der Waals surface area contributed by atoms with E-state index in [4.69, 9.17) is 5.26 Å². The molecule has 0 aromatic carbocycles. The first kappa shape index (κ1) is 9.16. The van der Waals surface area contributed by atoms with Crippen molar-refractivity contribution >= 4 is 9.84 Å². The molecule has 0 bridgehead atoms. The quantitative estimate of drug-likeness (QED) is 0.724. The van der Waals surface area contributed by atoms with Gasteiger partial charge in [-0.2, -0.15) is 5.26 Å². The number of aromatic nitrogens is 1. The summed E-state index contributed by atoms with van der Waals surface area (Å²) in [5, 5.41) is 8.80. The minimum absolute atomic E-state index is 0.138. The number of nitriles is 1. The molecule has 0 saturated heterocycles. The average Bonchev–Trinajstić information content (AvgIpc) is 3.00. The smallest absolute Gasteiger partial charge is 0.198 e. The van der Waals surface area contributed by atoms with Crippen LogP contribution in [0.5, 0.6) is 0 Å². The first-order valence-electron chi connectivity index (χ1n) is 4.18. The van der Waals surface area contributed by atoms with Crippen LogP contribution >= 0.6 is 0 Å². The second-order valence-electron chi connectivity index (χ2n) is 3.30. The highest BCUT2D eigenvalue weighted by atomic mass is 32.2. The maximum Gasteiger partial charge on any atom is 0.198 e. The summed E-state index contributed by atoms with van der Waals surface area (Å²) in [4.78, 5) is 3.88. The Morgan fingerprint density at radius 3 is 2.64 bits per heavy atom. The van der Waals surface area contributed by atoms with Crippen molar-refractivity contribution in [2.45, 2.75) is 22.5 Å². The fourth-order valence-electron chi connectivity index (χ4n) is 1.29. The Bertz CT molecular complexity index is 483. The fraction of sp³-hybridized carbons (Fsp3) is 0.333. The van der Waals surface area contributed by atoms with E-state index in [1.165, 1.54) is 18.5 Å². The number of hydrogen-bond acceptors (Lipinski definition) is 4. The maximum absolute atomic E-state index is 11.9. The molecule has 1 fully saturated rings. The molecule has 4 nitrogen and oxygen atoms in total. The van der Waals surface area contributed by atoms with Crippen LogP contribution < -0.4 is 0 Å². The van der Waals surface area contributed by atoms with Crippen LogP contribution in [0.25, 0.3) is 0 Å². The average molecular weight is 208 g/mol. The molecule has 0 amide bonds. The van der Waals surface area contributed by atoms with Crippen molar-refractivity contribution in [3.63, 3.8) is 0 Å². The Morgan fingerprint density at radius 1 is 1.50 bits per heavy atom. The van der Waals surface area contributed by atoms with Gasteiger partial charge in [-0.25, -0.2) is 8.42 Å². The van der Waals surface area contributed by atoms with Crippen molar-refractivity contribution in [1.29, 1.82) is 5.26 Å². The molecule has 1 heterocycles. The van der Waals surface area contributed by atoms with Gasteiger partial charge in [0.1, 0.15) is 0 Å². The van der Waals surface area contributed by atoms with Crippen LogP contribution in [0, 0.1) is 11.3 Å². The topological polar surface area (TPSA) is 70.8 Å². The van der Waals surface area contributed by atoms with Crippen LogP contribution in [0.1, 0.15) is 12.8 Å². The molecule has 72 valence electrons. The number of hydrogen-bond donors (Lipinski definition) is 0. The SMILES string of the molecule is N#CC1(S(=O)(=O)c2cccnc2)CC1. The van der Waals surface area contributed by atoms with E-state index in [0.29, 0.717) is 12.8 Å². The molecule has 0 unspecified atom stereocenters. The predicted molar refractivity (Wildman–Crippen MR) is 49.0 cm³/mol. The van der Waals surface area contributed by atoms with Gasteiger partial charge >= 0.3 is 0 Å². The van der Waals surface area contributed by atoms with E-state index in [-0.39, 0.29) is 4.90 Å². The summed E-state index contributed by atoms with van der Waals surface area (Å²) in [6.45, 7) is 0. The molecule has 1 saturated carbocycles. The van der Waals surface area contributed by atoms with Gasteiger partial charge in [-0.15, -0.1) is 0 Å². The van der Waals surface area contributed by atoms with E-state index in [9.17, 15) is 8.42 Å². The van der Waals surface area contributed by atoms with Crippen molar-refractivity contribution in [3.8, 4) is 6.07 Å². The molecule has 0 aliphatic heterocycles. The molecular formula is C9H8N2O2S. The van der Waals surface area contributed by atoms with Crippen molar-refractivity contribution in [1.82, 2.24) is 4.98 Å². The lowest BCUT2D eigenvalue weighted by Crippen LogP contribution is -2.21. The molecule has 1 aliphatic rings. The van der Waals surface area contributed by atoms with E-state index in [1.54, 1.807) is 6.07 Å². The molecule has 1 aromatic heterocycles. The lowest BCUT2D eigenvalue weighted by Gasteiger charge is -2.06. The second kappa shape index (κ2) is 2.79. The van der Waals surface area contributed by atoms with E-state index in [0.717, 1.165) is 0 Å². The third-order valence-electron chi connectivity index (χ3n) is 2.37. The Morgan fingerprint density at radius 2 is 2.21 bits per heavy atom. The molecule has 0 N–H and O–H groups in total. The first-order valence-corrected chi connectivity index (χ1v) is 5.67. The molecule has 0 spiro atoms. The van der Waals surface area contributed by atoms with Gasteiger partial charge in [0.2, 0.25) is 0 Å². The summed E-state index contributed by atoms with van der Waals surface area (Å²) < 4.78 is 22.6. The molecule has 1 aliphatic carbocycles. The predicted octanol–water partition coefficient (Wildman–Crippen LogP) is 0.911. The minimum atomic E-state index is -3.50. The monoisotopic (exact) mass is 208 g/mol. The van der Waals surface area contributed by atoms with Crippen LogP contribution in [0.4, 0.5) is 0 Å². The molecule has 14 heavy (non-hydrogen) atoms. The largest absolute Gasteiger partial charge is 0.263 e. The number of pyridine rings is 1. The van der Waals surface area contributed by atoms with E-state index in [2.05, 4.69) is 4.98 Å². The zero-order valence-corrected chi connectivity index (χ0v) is 8.16. The van der Waals surface area contributed by atoms with Gasteiger partial charge < -0.3 is 0 Å². The standard InChI is InChI=1S/C9H8N2O2S/c10-7-9(3-4-9)14(12,13)8-2-1-5-11-6-8/h1-2,5-6H,3-4H2. The Kier molecular flexibility index (Phi) is 1.82. The van der Waals surface area contributed by atoms with Crippen LogP contribution in [0.3, 0.4) is 0 Å². The zero-order chi connectivity index (χ0) is 10.2. The van der Waals surface area contributed by atoms with Crippen molar-refractivity contribution in [3.05, 3.63) is 24.5 Å². The third kappa shape index (κ3) is 1.11. The Hall–Kier alpha value is -1.41. The lowest BCUT2D eigenvalue weighted by atomic mass is 10.5. The van der Waals surface area contributed by atoms with Gasteiger partial charge in [-0.3, -0.25) is 4.98 Å². The first-order chi connectivity index (χ1) is 6.62. The summed E-state index contributed by atoms with van der Waals surface area (Å²) in [6.07, 6.45) is 3.65. The fourth-order valence-corrected chi connectivity index (χ4v) is 2.95. The lowest BCUT2D eigenvalue weighted by molar-refractivity contribution is 0.587. The van der Waals surface area contributed by atoms with Gasteiger partial charge in [0.05, 0.1) is 11.0 Å². The van der Waals surface area contributed by atoms with Gasteiger partial charge in [-0.1, -0.05) is 0 Å². The highest BCUT2D eigenvalue weighted by Crippen LogP contribution is 2.45. The second-order valence-corrected chi connectivity index (χ2v) is 5.56. The van der Waals surface area contributed by atoms with E-state index in [1.807, 2.05) is 6.07 Å². The summed E-state index contributed by atoms with van der Waals surface area (Å²) in [5.74, 6) is 0.